The molecule has 1 fully saturated rings. The second-order valence-electron chi connectivity index (χ2n) is 7.25. The number of hydrogen-bond acceptors (Lipinski definition) is 4. The lowest BCUT2D eigenvalue weighted by Crippen LogP contribution is -2.44. The smallest absolute Gasteiger partial charge is 0.233 e. The zero-order valence-corrected chi connectivity index (χ0v) is 17.3. The molecule has 27 heavy (non-hydrogen) atoms. The lowest BCUT2D eigenvalue weighted by atomic mass is 10.1. The van der Waals surface area contributed by atoms with Crippen molar-refractivity contribution >= 4 is 23.4 Å². The lowest BCUT2D eigenvalue weighted by molar-refractivity contribution is -0.120. The van der Waals surface area contributed by atoms with Gasteiger partial charge in [0.1, 0.15) is 0 Å². The van der Waals surface area contributed by atoms with E-state index in [1.165, 1.54) is 11.3 Å². The van der Waals surface area contributed by atoms with E-state index in [0.717, 1.165) is 36.6 Å². The van der Waals surface area contributed by atoms with Gasteiger partial charge in [-0.25, -0.2) is 0 Å². The predicted molar refractivity (Wildman–Crippen MR) is 114 cm³/mol. The average molecular weight is 384 g/mol. The molecule has 5 heteroatoms. The Morgan fingerprint density at radius 2 is 1.67 bits per heavy atom. The van der Waals surface area contributed by atoms with Crippen molar-refractivity contribution in [1.29, 1.82) is 0 Å². The normalized spacial score (nSPS) is 16.2. The van der Waals surface area contributed by atoms with Gasteiger partial charge in [0.25, 0.3) is 0 Å². The number of thioether (sulfide) groups is 1. The number of piperazine rings is 1. The van der Waals surface area contributed by atoms with Crippen LogP contribution in [0.4, 0.5) is 5.69 Å². The van der Waals surface area contributed by atoms with Crippen LogP contribution in [0.25, 0.3) is 0 Å². The number of rotatable bonds is 6. The van der Waals surface area contributed by atoms with Crippen LogP contribution in [-0.2, 0) is 11.3 Å². The van der Waals surface area contributed by atoms with E-state index in [4.69, 9.17) is 0 Å². The van der Waals surface area contributed by atoms with Crippen LogP contribution in [0.1, 0.15) is 18.1 Å². The van der Waals surface area contributed by atoms with Crippen molar-refractivity contribution in [2.24, 2.45) is 0 Å². The summed E-state index contributed by atoms with van der Waals surface area (Å²) in [5.74, 6) is 0.0729. The van der Waals surface area contributed by atoms with Crippen LogP contribution in [0.2, 0.25) is 0 Å². The van der Waals surface area contributed by atoms with Gasteiger partial charge in [0.15, 0.2) is 0 Å². The highest BCUT2D eigenvalue weighted by atomic mass is 32.2. The highest BCUT2D eigenvalue weighted by molar-refractivity contribution is 8.00. The molecule has 1 aliphatic rings. The van der Waals surface area contributed by atoms with E-state index in [-0.39, 0.29) is 11.2 Å². The zero-order chi connectivity index (χ0) is 19.2. The number of aryl methyl sites for hydroxylation is 1. The summed E-state index contributed by atoms with van der Waals surface area (Å²) >= 11 is 1.59. The topological polar surface area (TPSA) is 35.6 Å². The van der Waals surface area contributed by atoms with Gasteiger partial charge in [-0.2, -0.15) is 0 Å². The molecule has 0 aromatic heterocycles. The molecule has 1 aliphatic heterocycles. The Kier molecular flexibility index (Phi) is 6.80. The van der Waals surface area contributed by atoms with Crippen LogP contribution < -0.4 is 10.2 Å². The molecule has 0 radical (unpaired) electrons. The Hall–Kier alpha value is -1.98. The summed E-state index contributed by atoms with van der Waals surface area (Å²) in [6, 6.07) is 16.9. The molecule has 144 valence electrons. The third-order valence-electron chi connectivity index (χ3n) is 4.97. The van der Waals surface area contributed by atoms with Gasteiger partial charge in [-0.3, -0.25) is 4.79 Å². The highest BCUT2D eigenvalue weighted by Crippen LogP contribution is 2.23. The first-order valence-corrected chi connectivity index (χ1v) is 10.4. The van der Waals surface area contributed by atoms with E-state index in [0.29, 0.717) is 6.54 Å². The van der Waals surface area contributed by atoms with Gasteiger partial charge in [0.2, 0.25) is 5.91 Å². The molecule has 0 bridgehead atoms. The molecule has 0 spiro atoms. The van der Waals surface area contributed by atoms with E-state index in [1.807, 2.05) is 6.92 Å². The molecule has 2 aromatic rings. The van der Waals surface area contributed by atoms with Crippen LogP contribution in [0, 0.1) is 6.92 Å². The monoisotopic (exact) mass is 383 g/mol. The first-order chi connectivity index (χ1) is 13.0. The van der Waals surface area contributed by atoms with Gasteiger partial charge in [0, 0.05) is 43.3 Å². The average Bonchev–Trinajstić information content (AvgIpc) is 2.69. The summed E-state index contributed by atoms with van der Waals surface area (Å²) < 4.78 is 0. The van der Waals surface area contributed by atoms with Gasteiger partial charge >= 0.3 is 0 Å². The molecular weight excluding hydrogens is 354 g/mol. The van der Waals surface area contributed by atoms with Crippen molar-refractivity contribution in [1.82, 2.24) is 10.2 Å². The van der Waals surface area contributed by atoms with E-state index >= 15 is 0 Å². The van der Waals surface area contributed by atoms with Crippen molar-refractivity contribution in [3.8, 4) is 0 Å². The van der Waals surface area contributed by atoms with Crippen LogP contribution in [0.3, 0.4) is 0 Å². The molecule has 0 unspecified atom stereocenters. The Labute approximate surface area is 166 Å². The molecule has 1 saturated heterocycles. The fraction of sp³-hybridized carbons (Fsp3) is 0.409. The van der Waals surface area contributed by atoms with Gasteiger partial charge in [-0.15, -0.1) is 11.8 Å². The molecule has 3 rings (SSSR count). The van der Waals surface area contributed by atoms with Crippen molar-refractivity contribution in [3.05, 3.63) is 59.7 Å². The second kappa shape index (κ2) is 9.29. The maximum atomic E-state index is 12.4. The van der Waals surface area contributed by atoms with E-state index in [9.17, 15) is 4.79 Å². The summed E-state index contributed by atoms with van der Waals surface area (Å²) in [6.07, 6.45) is 0. The van der Waals surface area contributed by atoms with Gasteiger partial charge < -0.3 is 15.1 Å². The van der Waals surface area contributed by atoms with Crippen LogP contribution in [0.5, 0.6) is 0 Å². The third-order valence-corrected chi connectivity index (χ3v) is 6.09. The maximum absolute atomic E-state index is 12.4. The molecule has 0 aliphatic carbocycles. The summed E-state index contributed by atoms with van der Waals surface area (Å²) in [5.41, 5.74) is 3.63. The fourth-order valence-electron chi connectivity index (χ4n) is 3.10. The van der Waals surface area contributed by atoms with Gasteiger partial charge in [-0.1, -0.05) is 29.8 Å². The van der Waals surface area contributed by atoms with E-state index in [2.05, 4.69) is 77.6 Å². The third kappa shape index (κ3) is 5.75. The van der Waals surface area contributed by atoms with Crippen molar-refractivity contribution < 1.29 is 4.79 Å². The first-order valence-electron chi connectivity index (χ1n) is 9.55. The first kappa shape index (κ1) is 19.8. The molecule has 2 aromatic carbocycles. The predicted octanol–water partition coefficient (Wildman–Crippen LogP) is 3.54. The molecule has 4 nitrogen and oxygen atoms in total. The standard InChI is InChI=1S/C22H29N3OS/c1-17-4-10-21(11-5-17)27-18(2)22(26)23-16-19-6-8-20(9-7-19)25-14-12-24(3)13-15-25/h4-11,18H,12-16H2,1-3H3,(H,23,26)/t18-/m0/s1. The number of likely N-dealkylation sites (N-methyl/N-ethyl adjacent to an activating group) is 1. The zero-order valence-electron chi connectivity index (χ0n) is 16.4. The molecule has 1 atom stereocenters. The van der Waals surface area contributed by atoms with Crippen molar-refractivity contribution in [2.75, 3.05) is 38.1 Å². The number of nitrogens with zero attached hydrogens (tertiary/aromatic N) is 2. The molecular formula is C22H29N3OS. The minimum Gasteiger partial charge on any atom is -0.369 e. The number of benzene rings is 2. The van der Waals surface area contributed by atoms with Crippen molar-refractivity contribution in [3.63, 3.8) is 0 Å². The molecule has 1 heterocycles. The molecule has 1 N–H and O–H groups in total. The Morgan fingerprint density at radius 3 is 2.30 bits per heavy atom. The summed E-state index contributed by atoms with van der Waals surface area (Å²) in [6.45, 7) is 8.94. The molecule has 0 saturated carbocycles. The van der Waals surface area contributed by atoms with E-state index in [1.54, 1.807) is 11.8 Å². The van der Waals surface area contributed by atoms with Crippen LogP contribution in [-0.4, -0.2) is 49.3 Å². The van der Waals surface area contributed by atoms with Crippen LogP contribution >= 0.6 is 11.8 Å². The minimum absolute atomic E-state index is 0.0729. The van der Waals surface area contributed by atoms with Crippen molar-refractivity contribution in [2.45, 2.75) is 30.5 Å². The fourth-order valence-corrected chi connectivity index (χ4v) is 3.99. The number of carbonyl (C=O) groups excluding carboxylic acids is 1. The van der Waals surface area contributed by atoms with Crippen LogP contribution in [0.15, 0.2) is 53.4 Å². The number of nitrogens with one attached hydrogen (secondary N) is 1. The summed E-state index contributed by atoms with van der Waals surface area (Å²) in [4.78, 5) is 18.3. The number of anilines is 1. The Balaban J connectivity index is 1.47. The maximum Gasteiger partial charge on any atom is 0.233 e. The largest absolute Gasteiger partial charge is 0.369 e. The lowest BCUT2D eigenvalue weighted by Gasteiger charge is -2.34. The molecule has 1 amide bonds. The highest BCUT2D eigenvalue weighted by Gasteiger charge is 2.15. The Bertz CT molecular complexity index is 737. The second-order valence-corrected chi connectivity index (χ2v) is 8.66. The number of amides is 1. The Morgan fingerprint density at radius 1 is 1.04 bits per heavy atom. The number of carbonyl (C=O) groups is 1. The van der Waals surface area contributed by atoms with Gasteiger partial charge in [-0.05, 0) is 50.7 Å². The summed E-state index contributed by atoms with van der Waals surface area (Å²) in [5, 5.41) is 2.94. The van der Waals surface area contributed by atoms with E-state index < -0.39 is 0 Å². The summed E-state index contributed by atoms with van der Waals surface area (Å²) in [7, 11) is 2.17. The van der Waals surface area contributed by atoms with Gasteiger partial charge in [0.05, 0.1) is 5.25 Å². The minimum atomic E-state index is -0.114. The quantitative estimate of drug-likeness (QED) is 0.774. The number of hydrogen-bond donors (Lipinski definition) is 1. The SMILES string of the molecule is Cc1ccc(S[C@@H](C)C(=O)NCc2ccc(N3CCN(C)CC3)cc2)cc1.